The fourth-order valence-corrected chi connectivity index (χ4v) is 6.35. The molecule has 2 fully saturated rings. The normalized spacial score (nSPS) is 22.3. The van der Waals surface area contributed by atoms with Crippen LogP contribution in [0.1, 0.15) is 63.8 Å². The number of likely N-dealkylation sites (tertiary alicyclic amines) is 1. The predicted molar refractivity (Wildman–Crippen MR) is 162 cm³/mol. The monoisotopic (exact) mass is 608 g/mol. The summed E-state index contributed by atoms with van der Waals surface area (Å²) >= 11 is 1.54. The number of hydrogen-bond acceptors (Lipinski definition) is 9. The van der Waals surface area contributed by atoms with Gasteiger partial charge in [-0.15, -0.1) is 11.3 Å². The molecule has 1 aliphatic carbocycles. The maximum atomic E-state index is 14.1. The Labute approximate surface area is 256 Å². The second-order valence-electron chi connectivity index (χ2n) is 12.7. The highest BCUT2D eigenvalue weighted by molar-refractivity contribution is 7.13. The number of carbonyl (C=O) groups excluding carboxylic acids is 4. The van der Waals surface area contributed by atoms with E-state index >= 15 is 0 Å². The molecule has 230 valence electrons. The van der Waals surface area contributed by atoms with Crippen LogP contribution < -0.4 is 16.0 Å². The number of aliphatic hydroxyl groups excluding tert-OH is 1. The van der Waals surface area contributed by atoms with Gasteiger partial charge in [0.2, 0.25) is 17.7 Å². The number of aryl methyl sites for hydroxylation is 1. The Hall–Kier alpha value is -3.66. The first kappa shape index (κ1) is 32.3. The van der Waals surface area contributed by atoms with E-state index in [-0.39, 0.29) is 31.8 Å². The highest BCUT2D eigenvalue weighted by atomic mass is 32.1. The van der Waals surface area contributed by atoms with Gasteiger partial charge in [0, 0.05) is 39.0 Å². The molecule has 0 bridgehead atoms. The Bertz CT molecular complexity index is 1410. The Balaban J connectivity index is 1.58. The van der Waals surface area contributed by atoms with Crippen molar-refractivity contribution in [2.45, 2.75) is 77.1 Å². The van der Waals surface area contributed by atoms with E-state index in [1.165, 1.54) is 4.90 Å². The molecule has 3 amide bonds. The van der Waals surface area contributed by atoms with Gasteiger partial charge in [-0.25, -0.2) is 4.98 Å². The number of aromatic nitrogens is 1. The molecule has 0 spiro atoms. The zero-order chi connectivity index (χ0) is 31.6. The number of hydrogen-bond donors (Lipinski definition) is 4. The second kappa shape index (κ2) is 12.5. The number of thiazole rings is 1. The van der Waals surface area contributed by atoms with Crippen molar-refractivity contribution in [3.8, 4) is 16.5 Å². The fourth-order valence-electron chi connectivity index (χ4n) is 5.54. The minimum absolute atomic E-state index is 0.00152. The van der Waals surface area contributed by atoms with Crippen molar-refractivity contribution < 1.29 is 24.3 Å². The Morgan fingerprint density at radius 2 is 1.93 bits per heavy atom. The maximum absolute atomic E-state index is 14.1. The summed E-state index contributed by atoms with van der Waals surface area (Å²) in [4.78, 5) is 59.0. The predicted octanol–water partition coefficient (Wildman–Crippen LogP) is 2.25. The summed E-state index contributed by atoms with van der Waals surface area (Å²) in [7, 11) is 1.55. The maximum Gasteiger partial charge on any atom is 0.246 e. The first-order chi connectivity index (χ1) is 20.3. The summed E-state index contributed by atoms with van der Waals surface area (Å²) in [5.41, 5.74) is 1.25. The number of nitrogens with one attached hydrogen (secondary N) is 3. The third kappa shape index (κ3) is 6.79. The lowest BCUT2D eigenvalue weighted by molar-refractivity contribution is -0.146. The summed E-state index contributed by atoms with van der Waals surface area (Å²) in [5.74, 6) is -1.21. The van der Waals surface area contributed by atoms with Crippen LogP contribution >= 0.6 is 11.3 Å². The number of nitrogens with zero attached hydrogens (tertiary/aromatic N) is 3. The van der Waals surface area contributed by atoms with E-state index in [4.69, 9.17) is 0 Å². The van der Waals surface area contributed by atoms with Crippen LogP contribution in [0, 0.1) is 29.1 Å². The van der Waals surface area contributed by atoms with Crippen LogP contribution in [-0.4, -0.2) is 76.8 Å². The van der Waals surface area contributed by atoms with Gasteiger partial charge in [-0.05, 0) is 36.3 Å². The fraction of sp³-hybridized carbons (Fsp3) is 0.548. The number of nitriles is 1. The molecule has 1 saturated carbocycles. The van der Waals surface area contributed by atoms with Gasteiger partial charge in [-0.3, -0.25) is 14.4 Å². The summed E-state index contributed by atoms with van der Waals surface area (Å²) in [6, 6.07) is 8.30. The summed E-state index contributed by atoms with van der Waals surface area (Å²) in [6.07, 6.45) is 0.654. The van der Waals surface area contributed by atoms with Crippen LogP contribution in [-0.2, 0) is 19.2 Å². The molecular formula is C31H40N6O5S. The van der Waals surface area contributed by atoms with E-state index in [2.05, 4.69) is 27.0 Å². The molecule has 4 rings (SSSR count). The minimum atomic E-state index is -1.42. The van der Waals surface area contributed by atoms with Crippen molar-refractivity contribution in [3.05, 3.63) is 41.0 Å². The molecule has 2 unspecified atom stereocenters. The zero-order valence-electron chi connectivity index (χ0n) is 25.3. The number of rotatable bonds is 11. The average Bonchev–Trinajstić information content (AvgIpc) is 3.56. The quantitative estimate of drug-likeness (QED) is 0.282. The summed E-state index contributed by atoms with van der Waals surface area (Å²) in [6.45, 7) is 7.22. The van der Waals surface area contributed by atoms with Crippen LogP contribution in [0.3, 0.4) is 0 Å². The van der Waals surface area contributed by atoms with Gasteiger partial charge in [0.25, 0.3) is 0 Å². The van der Waals surface area contributed by atoms with Gasteiger partial charge in [0.15, 0.2) is 0 Å². The van der Waals surface area contributed by atoms with Gasteiger partial charge >= 0.3 is 0 Å². The third-order valence-electron chi connectivity index (χ3n) is 8.44. The molecule has 2 aliphatic rings. The van der Waals surface area contributed by atoms with Crippen molar-refractivity contribution in [2.75, 3.05) is 20.1 Å². The van der Waals surface area contributed by atoms with E-state index in [9.17, 15) is 29.5 Å². The molecule has 1 aromatic heterocycles. The number of aldehydes is 1. The van der Waals surface area contributed by atoms with Crippen molar-refractivity contribution in [1.82, 2.24) is 25.8 Å². The molecule has 11 nitrogen and oxygen atoms in total. The highest BCUT2D eigenvalue weighted by Crippen LogP contribution is 2.45. The number of amides is 3. The molecule has 1 aromatic carbocycles. The van der Waals surface area contributed by atoms with Crippen LogP contribution in [0.4, 0.5) is 0 Å². The number of aliphatic hydroxyl groups is 1. The van der Waals surface area contributed by atoms with Crippen molar-refractivity contribution in [2.24, 2.45) is 10.8 Å². The lowest BCUT2D eigenvalue weighted by atomic mass is 9.84. The zero-order valence-corrected chi connectivity index (χ0v) is 26.1. The van der Waals surface area contributed by atoms with Gasteiger partial charge in [0.05, 0.1) is 28.3 Å². The van der Waals surface area contributed by atoms with Gasteiger partial charge < -0.3 is 30.8 Å². The number of benzene rings is 1. The van der Waals surface area contributed by atoms with E-state index < -0.39 is 46.4 Å². The van der Waals surface area contributed by atoms with Crippen molar-refractivity contribution in [3.63, 3.8) is 0 Å². The van der Waals surface area contributed by atoms with E-state index in [0.29, 0.717) is 19.1 Å². The topological polar surface area (TPSA) is 165 Å². The lowest BCUT2D eigenvalue weighted by Gasteiger charge is -2.40. The summed E-state index contributed by atoms with van der Waals surface area (Å²) < 4.78 is 0. The smallest absolute Gasteiger partial charge is 0.246 e. The van der Waals surface area contributed by atoms with Crippen LogP contribution in [0.2, 0.25) is 0 Å². The van der Waals surface area contributed by atoms with E-state index in [0.717, 1.165) is 21.7 Å². The van der Waals surface area contributed by atoms with Crippen molar-refractivity contribution in [1.29, 1.82) is 5.26 Å². The standard InChI is InChI=1S/C31H40N6O5S/c1-19-25(43-18-35-19)21-8-6-20(7-9-21)23(12-24(40)33-5)34-16-31(17-38)13-22(39)14-37(31)27(41)26(29(2,3)4)36-28(42)30(15-32)10-11-30/h6-9,17-18,22-23,26,34,39H,10-14,16H2,1-5H3,(H,33,40)(H,36,42)/t22-,23+,26?,31?/m1/s1. The molecule has 4 atom stereocenters. The first-order valence-corrected chi connectivity index (χ1v) is 15.3. The summed E-state index contributed by atoms with van der Waals surface area (Å²) in [5, 5.41) is 28.9. The van der Waals surface area contributed by atoms with E-state index in [1.807, 2.05) is 31.2 Å². The third-order valence-corrected chi connectivity index (χ3v) is 9.41. The SMILES string of the molecule is CNC(=O)C[C@H](NCC1(C=O)C[C@@H](O)CN1C(=O)C(NC(=O)C1(C#N)CC1)C(C)(C)C)c1ccc(-c2scnc2C)cc1. The average molecular weight is 609 g/mol. The number of β-amino-alcohol motifs (C(OH)–C–C–N with tert-alkyl or cyclic N) is 1. The molecular weight excluding hydrogens is 568 g/mol. The second-order valence-corrected chi connectivity index (χ2v) is 13.5. The molecule has 12 heteroatoms. The largest absolute Gasteiger partial charge is 0.391 e. The number of carbonyl (C=O) groups is 4. The Kier molecular flexibility index (Phi) is 9.39. The molecule has 43 heavy (non-hydrogen) atoms. The Morgan fingerprint density at radius 3 is 2.44 bits per heavy atom. The lowest BCUT2D eigenvalue weighted by Crippen LogP contribution is -2.62. The molecule has 1 aliphatic heterocycles. The Morgan fingerprint density at radius 1 is 1.26 bits per heavy atom. The molecule has 0 radical (unpaired) electrons. The highest BCUT2D eigenvalue weighted by Gasteiger charge is 2.54. The van der Waals surface area contributed by atoms with Gasteiger partial charge in [-0.1, -0.05) is 45.0 Å². The molecule has 4 N–H and O–H groups in total. The van der Waals surface area contributed by atoms with E-state index in [1.54, 1.807) is 44.7 Å². The van der Waals surface area contributed by atoms with Crippen LogP contribution in [0.25, 0.3) is 10.4 Å². The van der Waals surface area contributed by atoms with Crippen molar-refractivity contribution >= 4 is 35.3 Å². The first-order valence-electron chi connectivity index (χ1n) is 14.4. The molecule has 1 saturated heterocycles. The molecule has 2 aromatic rings. The van der Waals surface area contributed by atoms with Crippen LogP contribution in [0.5, 0.6) is 0 Å². The minimum Gasteiger partial charge on any atom is -0.391 e. The van der Waals surface area contributed by atoms with Crippen LogP contribution in [0.15, 0.2) is 29.8 Å². The van der Waals surface area contributed by atoms with Gasteiger partial charge in [0.1, 0.15) is 23.3 Å². The van der Waals surface area contributed by atoms with Gasteiger partial charge in [-0.2, -0.15) is 5.26 Å². The molecule has 2 heterocycles.